The highest BCUT2D eigenvalue weighted by Crippen LogP contribution is 2.36. The predicted molar refractivity (Wildman–Crippen MR) is 33.6 cm³/mol. The maximum Gasteiger partial charge on any atom is 0.139 e. The molecule has 0 bridgehead atoms. The van der Waals surface area contributed by atoms with Gasteiger partial charge in [0, 0.05) is 6.42 Å². The normalized spacial score (nSPS) is 52.9. The summed E-state index contributed by atoms with van der Waals surface area (Å²) in [5.41, 5.74) is 0. The Bertz CT molecular complexity index is 109. The van der Waals surface area contributed by atoms with Crippen molar-refractivity contribution in [3.63, 3.8) is 0 Å². The number of quaternary nitrogens is 1. The minimum atomic E-state index is 1.09. The van der Waals surface area contributed by atoms with E-state index in [1.807, 2.05) is 0 Å². The van der Waals surface area contributed by atoms with Gasteiger partial charge in [0.25, 0.3) is 0 Å². The Kier molecular flexibility index (Phi) is 0.762. The number of likely N-dealkylation sites (N-methyl/N-ethyl adjacent to an activating group) is 1. The van der Waals surface area contributed by atoms with E-state index in [9.17, 15) is 0 Å². The van der Waals surface area contributed by atoms with Crippen LogP contribution in [0.3, 0.4) is 0 Å². The SMILES string of the molecule is C[N+]12CCCCC1C2. The van der Waals surface area contributed by atoms with E-state index in [2.05, 4.69) is 7.05 Å². The van der Waals surface area contributed by atoms with Crippen LogP contribution in [-0.2, 0) is 0 Å². The second-order valence-corrected chi connectivity index (χ2v) is 3.54. The van der Waals surface area contributed by atoms with Crippen LogP contribution in [-0.4, -0.2) is 30.7 Å². The average Bonchev–Trinajstić information content (AvgIpc) is 2.39. The average molecular weight is 112 g/mol. The Balaban J connectivity index is 2.04. The van der Waals surface area contributed by atoms with E-state index in [4.69, 9.17) is 0 Å². The molecular weight excluding hydrogens is 98.1 g/mol. The Hall–Kier alpha value is -0.0400. The summed E-state index contributed by atoms with van der Waals surface area (Å²) in [4.78, 5) is 0. The van der Waals surface area contributed by atoms with Crippen molar-refractivity contribution in [1.82, 2.24) is 0 Å². The van der Waals surface area contributed by atoms with E-state index < -0.39 is 0 Å². The van der Waals surface area contributed by atoms with Gasteiger partial charge in [-0.3, -0.25) is 0 Å². The molecule has 0 spiro atoms. The van der Waals surface area contributed by atoms with E-state index >= 15 is 0 Å². The summed E-state index contributed by atoms with van der Waals surface area (Å²) in [7, 11) is 2.39. The number of nitrogens with zero attached hydrogens (tertiary/aromatic N) is 1. The summed E-state index contributed by atoms with van der Waals surface area (Å²) in [6.45, 7) is 2.95. The molecule has 0 radical (unpaired) electrons. The van der Waals surface area contributed by atoms with Gasteiger partial charge in [0.05, 0.1) is 13.6 Å². The molecule has 2 rings (SSSR count). The Labute approximate surface area is 50.9 Å². The molecule has 2 atom stereocenters. The quantitative estimate of drug-likeness (QED) is 0.324. The molecule has 2 unspecified atom stereocenters. The topological polar surface area (TPSA) is 0 Å². The van der Waals surface area contributed by atoms with E-state index in [1.165, 1.54) is 36.8 Å². The molecule has 0 amide bonds. The van der Waals surface area contributed by atoms with Crippen molar-refractivity contribution in [1.29, 1.82) is 0 Å². The molecule has 2 aliphatic heterocycles. The van der Waals surface area contributed by atoms with Crippen molar-refractivity contribution < 1.29 is 4.48 Å². The largest absolute Gasteiger partial charge is 0.314 e. The van der Waals surface area contributed by atoms with Crippen molar-refractivity contribution >= 4 is 0 Å². The third kappa shape index (κ3) is 0.510. The van der Waals surface area contributed by atoms with Gasteiger partial charge >= 0.3 is 0 Å². The lowest BCUT2D eigenvalue weighted by Crippen LogP contribution is -2.27. The lowest BCUT2D eigenvalue weighted by Gasteiger charge is -2.18. The van der Waals surface area contributed by atoms with Gasteiger partial charge < -0.3 is 4.48 Å². The van der Waals surface area contributed by atoms with Crippen LogP contribution in [0.2, 0.25) is 0 Å². The van der Waals surface area contributed by atoms with Crippen LogP contribution in [0.4, 0.5) is 0 Å². The zero-order valence-corrected chi connectivity index (χ0v) is 5.56. The second kappa shape index (κ2) is 1.27. The molecule has 0 aromatic heterocycles. The standard InChI is InChI=1S/C7H14N/c1-8-5-3-2-4-7(8)6-8/h7H,2-6H2,1H3/q+1. The van der Waals surface area contributed by atoms with Gasteiger partial charge in [-0.05, 0) is 12.8 Å². The molecule has 0 aliphatic carbocycles. The minimum Gasteiger partial charge on any atom is -0.314 e. The van der Waals surface area contributed by atoms with E-state index in [1.54, 1.807) is 0 Å². The molecule has 0 aromatic rings. The fourth-order valence-electron chi connectivity index (χ4n) is 1.96. The molecule has 2 saturated heterocycles. The van der Waals surface area contributed by atoms with Crippen molar-refractivity contribution in [3.8, 4) is 0 Å². The highest BCUT2D eigenvalue weighted by Gasteiger charge is 2.51. The molecular formula is C7H14N+. The smallest absolute Gasteiger partial charge is 0.139 e. The first kappa shape index (κ1) is 4.80. The molecule has 8 heavy (non-hydrogen) atoms. The van der Waals surface area contributed by atoms with Gasteiger partial charge in [0.2, 0.25) is 0 Å². The summed E-state index contributed by atoms with van der Waals surface area (Å²) in [6, 6.07) is 1.09. The van der Waals surface area contributed by atoms with Crippen LogP contribution in [0.25, 0.3) is 0 Å². The van der Waals surface area contributed by atoms with Crippen LogP contribution in [0.5, 0.6) is 0 Å². The first-order valence-electron chi connectivity index (χ1n) is 3.65. The molecule has 46 valence electrons. The van der Waals surface area contributed by atoms with Crippen LogP contribution in [0.15, 0.2) is 0 Å². The number of rotatable bonds is 0. The second-order valence-electron chi connectivity index (χ2n) is 3.54. The Morgan fingerprint density at radius 1 is 1.38 bits per heavy atom. The molecule has 2 heterocycles. The van der Waals surface area contributed by atoms with Crippen LogP contribution >= 0.6 is 0 Å². The molecule has 2 aliphatic rings. The van der Waals surface area contributed by atoms with Gasteiger partial charge in [-0.25, -0.2) is 0 Å². The zero-order chi connectivity index (χ0) is 5.61. The minimum absolute atomic E-state index is 1.09. The number of hydrogen-bond acceptors (Lipinski definition) is 0. The Morgan fingerprint density at radius 3 is 2.75 bits per heavy atom. The predicted octanol–water partition coefficient (Wildman–Crippen LogP) is 0.999. The summed E-state index contributed by atoms with van der Waals surface area (Å²) in [5.74, 6) is 0. The highest BCUT2D eigenvalue weighted by atomic mass is 15.5. The highest BCUT2D eigenvalue weighted by molar-refractivity contribution is 4.76. The molecule has 1 heteroatoms. The third-order valence-corrected chi connectivity index (χ3v) is 2.83. The first-order chi connectivity index (χ1) is 3.81. The van der Waals surface area contributed by atoms with Gasteiger partial charge in [-0.2, -0.15) is 0 Å². The molecule has 0 saturated carbocycles. The monoisotopic (exact) mass is 112 g/mol. The number of piperidine rings is 1. The van der Waals surface area contributed by atoms with Crippen molar-refractivity contribution in [2.75, 3.05) is 20.1 Å². The van der Waals surface area contributed by atoms with E-state index in [-0.39, 0.29) is 0 Å². The summed E-state index contributed by atoms with van der Waals surface area (Å²) < 4.78 is 1.42. The number of fused-ring (bicyclic) bond motifs is 1. The number of hydrogen-bond donors (Lipinski definition) is 0. The Morgan fingerprint density at radius 2 is 2.25 bits per heavy atom. The van der Waals surface area contributed by atoms with Gasteiger partial charge in [-0.1, -0.05) is 0 Å². The summed E-state index contributed by atoms with van der Waals surface area (Å²) >= 11 is 0. The van der Waals surface area contributed by atoms with Crippen LogP contribution in [0, 0.1) is 0 Å². The molecule has 0 N–H and O–H groups in total. The molecule has 0 aromatic carbocycles. The van der Waals surface area contributed by atoms with Gasteiger partial charge in [-0.15, -0.1) is 0 Å². The molecule has 2 fully saturated rings. The van der Waals surface area contributed by atoms with E-state index in [0.717, 1.165) is 6.04 Å². The zero-order valence-electron chi connectivity index (χ0n) is 5.56. The van der Waals surface area contributed by atoms with Gasteiger partial charge in [0.1, 0.15) is 12.6 Å². The fraction of sp³-hybridized carbons (Fsp3) is 1.00. The van der Waals surface area contributed by atoms with E-state index in [0.29, 0.717) is 0 Å². The molecule has 1 nitrogen and oxygen atoms in total. The third-order valence-electron chi connectivity index (χ3n) is 2.83. The van der Waals surface area contributed by atoms with Crippen molar-refractivity contribution in [3.05, 3.63) is 0 Å². The lowest BCUT2D eigenvalue weighted by atomic mass is 10.1. The lowest BCUT2D eigenvalue weighted by molar-refractivity contribution is -0.796. The summed E-state index contributed by atoms with van der Waals surface area (Å²) in [6.07, 6.45) is 4.49. The maximum atomic E-state index is 2.39. The fourth-order valence-corrected chi connectivity index (χ4v) is 1.96. The van der Waals surface area contributed by atoms with Gasteiger partial charge in [0.15, 0.2) is 0 Å². The summed E-state index contributed by atoms with van der Waals surface area (Å²) in [5, 5.41) is 0. The van der Waals surface area contributed by atoms with Crippen LogP contribution < -0.4 is 0 Å². The maximum absolute atomic E-state index is 2.39. The van der Waals surface area contributed by atoms with Crippen molar-refractivity contribution in [2.45, 2.75) is 25.3 Å². The van der Waals surface area contributed by atoms with Crippen LogP contribution in [0.1, 0.15) is 19.3 Å². The van der Waals surface area contributed by atoms with Crippen molar-refractivity contribution in [2.24, 2.45) is 0 Å². The first-order valence-corrected chi connectivity index (χ1v) is 3.65.